The molecule has 1 unspecified atom stereocenters. The Kier molecular flexibility index (Phi) is 6.14. The number of benzene rings is 2. The number of para-hydroxylation sites is 1. The van der Waals surface area contributed by atoms with E-state index in [1.165, 1.54) is 11.8 Å². The molecule has 0 radical (unpaired) electrons. The van der Waals surface area contributed by atoms with E-state index in [2.05, 4.69) is 15.5 Å². The Morgan fingerprint density at radius 3 is 2.47 bits per heavy atom. The normalized spacial score (nSPS) is 17.7. The molecule has 1 aliphatic rings. The van der Waals surface area contributed by atoms with Crippen LogP contribution in [0.5, 0.6) is 0 Å². The molecule has 2 aromatic carbocycles. The zero-order valence-corrected chi connectivity index (χ0v) is 17.8. The SMILES string of the molecule is O=C(CSc1nnnn1Cc1ccccc1)N(c1ccccc1)C1CCS(=O)(=O)C1. The Labute approximate surface area is 179 Å². The molecule has 0 bridgehead atoms. The highest BCUT2D eigenvalue weighted by Gasteiger charge is 2.35. The first-order chi connectivity index (χ1) is 14.5. The molecule has 156 valence electrons. The summed E-state index contributed by atoms with van der Waals surface area (Å²) < 4.78 is 25.6. The molecule has 0 aliphatic carbocycles. The lowest BCUT2D eigenvalue weighted by Crippen LogP contribution is -2.42. The van der Waals surface area contributed by atoms with Gasteiger partial charge in [-0.05, 0) is 34.5 Å². The smallest absolute Gasteiger partial charge is 0.237 e. The number of thioether (sulfide) groups is 1. The number of rotatable bonds is 7. The van der Waals surface area contributed by atoms with Gasteiger partial charge >= 0.3 is 0 Å². The van der Waals surface area contributed by atoms with E-state index in [0.717, 1.165) is 5.56 Å². The molecule has 1 amide bonds. The third kappa shape index (κ3) is 4.88. The van der Waals surface area contributed by atoms with Gasteiger partial charge in [-0.1, -0.05) is 60.3 Å². The Balaban J connectivity index is 1.48. The van der Waals surface area contributed by atoms with Gasteiger partial charge in [0.25, 0.3) is 0 Å². The summed E-state index contributed by atoms with van der Waals surface area (Å²) in [5.74, 6) is 0.0454. The molecule has 8 nitrogen and oxygen atoms in total. The maximum absolute atomic E-state index is 13.1. The van der Waals surface area contributed by atoms with Crippen molar-refractivity contribution in [2.75, 3.05) is 22.2 Å². The lowest BCUT2D eigenvalue weighted by atomic mass is 10.2. The molecule has 3 aromatic rings. The van der Waals surface area contributed by atoms with Gasteiger partial charge in [0, 0.05) is 5.69 Å². The maximum Gasteiger partial charge on any atom is 0.237 e. The fourth-order valence-corrected chi connectivity index (χ4v) is 5.91. The van der Waals surface area contributed by atoms with Crippen molar-refractivity contribution in [3.63, 3.8) is 0 Å². The second kappa shape index (κ2) is 8.97. The summed E-state index contributed by atoms with van der Waals surface area (Å²) in [6.07, 6.45) is 0.444. The second-order valence-electron chi connectivity index (χ2n) is 7.05. The van der Waals surface area contributed by atoms with Crippen LogP contribution in [0.4, 0.5) is 5.69 Å². The van der Waals surface area contributed by atoms with E-state index in [1.54, 1.807) is 9.58 Å². The number of carbonyl (C=O) groups excluding carboxylic acids is 1. The molecule has 30 heavy (non-hydrogen) atoms. The van der Waals surface area contributed by atoms with Crippen LogP contribution in [0, 0.1) is 0 Å². The topological polar surface area (TPSA) is 98.1 Å². The van der Waals surface area contributed by atoms with Gasteiger partial charge in [0.1, 0.15) is 0 Å². The summed E-state index contributed by atoms with van der Waals surface area (Å²) in [6.45, 7) is 0.508. The molecule has 0 N–H and O–H groups in total. The van der Waals surface area contributed by atoms with Crippen molar-refractivity contribution in [2.24, 2.45) is 0 Å². The van der Waals surface area contributed by atoms with Gasteiger partial charge in [-0.2, -0.15) is 0 Å². The van der Waals surface area contributed by atoms with Gasteiger partial charge in [0.05, 0.1) is 29.8 Å². The average Bonchev–Trinajstić information content (AvgIpc) is 3.34. The monoisotopic (exact) mass is 443 g/mol. The summed E-state index contributed by atoms with van der Waals surface area (Å²) in [5.41, 5.74) is 1.76. The number of sulfone groups is 1. The molecule has 0 spiro atoms. The molecule has 0 saturated carbocycles. The van der Waals surface area contributed by atoms with Crippen LogP contribution < -0.4 is 4.90 Å². The van der Waals surface area contributed by atoms with Crippen molar-refractivity contribution in [3.05, 3.63) is 66.2 Å². The van der Waals surface area contributed by atoms with E-state index in [9.17, 15) is 13.2 Å². The fraction of sp³-hybridized carbons (Fsp3) is 0.300. The van der Waals surface area contributed by atoms with Crippen LogP contribution in [0.25, 0.3) is 0 Å². The Bertz CT molecular complexity index is 1100. The molecule has 2 heterocycles. The number of anilines is 1. The maximum atomic E-state index is 13.1. The van der Waals surface area contributed by atoms with Crippen molar-refractivity contribution in [1.82, 2.24) is 20.2 Å². The number of hydrogen-bond donors (Lipinski definition) is 0. The zero-order chi connectivity index (χ0) is 21.0. The molecular weight excluding hydrogens is 422 g/mol. The highest BCUT2D eigenvalue weighted by Crippen LogP contribution is 2.26. The Hall–Kier alpha value is -2.72. The predicted octanol–water partition coefficient (Wildman–Crippen LogP) is 2.03. The Morgan fingerprint density at radius 2 is 1.80 bits per heavy atom. The summed E-state index contributed by atoms with van der Waals surface area (Å²) >= 11 is 1.25. The number of aromatic nitrogens is 4. The summed E-state index contributed by atoms with van der Waals surface area (Å²) in [5, 5.41) is 12.3. The summed E-state index contributed by atoms with van der Waals surface area (Å²) in [6, 6.07) is 18.7. The van der Waals surface area contributed by atoms with Crippen LogP contribution in [0.2, 0.25) is 0 Å². The largest absolute Gasteiger partial charge is 0.308 e. The summed E-state index contributed by atoms with van der Waals surface area (Å²) in [7, 11) is -3.12. The van der Waals surface area contributed by atoms with Crippen molar-refractivity contribution in [2.45, 2.75) is 24.2 Å². The lowest BCUT2D eigenvalue weighted by Gasteiger charge is -2.28. The minimum Gasteiger partial charge on any atom is -0.308 e. The third-order valence-corrected chi connectivity index (χ3v) is 7.57. The van der Waals surface area contributed by atoms with Crippen molar-refractivity contribution < 1.29 is 13.2 Å². The zero-order valence-electron chi connectivity index (χ0n) is 16.2. The van der Waals surface area contributed by atoms with E-state index in [-0.39, 0.29) is 29.2 Å². The van der Waals surface area contributed by atoms with Gasteiger partial charge in [-0.3, -0.25) is 4.79 Å². The number of nitrogens with zero attached hydrogens (tertiary/aromatic N) is 5. The van der Waals surface area contributed by atoms with E-state index >= 15 is 0 Å². The lowest BCUT2D eigenvalue weighted by molar-refractivity contribution is -0.116. The van der Waals surface area contributed by atoms with Gasteiger partial charge in [0.2, 0.25) is 11.1 Å². The average molecular weight is 444 g/mol. The standard InChI is InChI=1S/C20H21N5O3S2/c26-19(14-29-20-21-22-23-24(20)13-16-7-3-1-4-8-16)25(17-9-5-2-6-10-17)18-11-12-30(27,28)15-18/h1-10,18H,11-15H2. The molecule has 4 rings (SSSR count). The predicted molar refractivity (Wildman–Crippen MR) is 115 cm³/mol. The molecule has 1 saturated heterocycles. The minimum atomic E-state index is -3.12. The first-order valence-electron chi connectivity index (χ1n) is 9.52. The minimum absolute atomic E-state index is 0.00987. The van der Waals surface area contributed by atoms with Crippen LogP contribution in [-0.4, -0.2) is 57.8 Å². The van der Waals surface area contributed by atoms with Crippen LogP contribution in [-0.2, 0) is 21.2 Å². The van der Waals surface area contributed by atoms with Gasteiger partial charge < -0.3 is 4.90 Å². The van der Waals surface area contributed by atoms with Crippen LogP contribution >= 0.6 is 11.8 Å². The fourth-order valence-electron chi connectivity index (χ4n) is 3.48. The Morgan fingerprint density at radius 1 is 1.10 bits per heavy atom. The van der Waals surface area contributed by atoms with E-state index in [1.807, 2.05) is 60.7 Å². The van der Waals surface area contributed by atoms with Crippen molar-refractivity contribution >= 4 is 33.2 Å². The van der Waals surface area contributed by atoms with E-state index < -0.39 is 9.84 Å². The first-order valence-corrected chi connectivity index (χ1v) is 12.3. The molecule has 1 atom stereocenters. The van der Waals surface area contributed by atoms with Crippen LogP contribution in [0.15, 0.2) is 65.8 Å². The van der Waals surface area contributed by atoms with Gasteiger partial charge in [-0.15, -0.1) is 5.10 Å². The van der Waals surface area contributed by atoms with Gasteiger partial charge in [-0.25, -0.2) is 13.1 Å². The second-order valence-corrected chi connectivity index (χ2v) is 10.2. The van der Waals surface area contributed by atoms with Gasteiger partial charge in [0.15, 0.2) is 9.84 Å². The number of hydrogen-bond acceptors (Lipinski definition) is 7. The van der Waals surface area contributed by atoms with Crippen molar-refractivity contribution in [1.29, 1.82) is 0 Å². The molecule has 1 fully saturated rings. The van der Waals surface area contributed by atoms with E-state index in [4.69, 9.17) is 0 Å². The molecule has 1 aliphatic heterocycles. The van der Waals surface area contributed by atoms with E-state index in [0.29, 0.717) is 23.8 Å². The number of tetrazole rings is 1. The number of carbonyl (C=O) groups is 1. The first kappa shape index (κ1) is 20.5. The molecular formula is C20H21N5O3S2. The third-order valence-electron chi connectivity index (χ3n) is 4.88. The van der Waals surface area contributed by atoms with Crippen molar-refractivity contribution in [3.8, 4) is 0 Å². The van der Waals surface area contributed by atoms with Crippen LogP contribution in [0.3, 0.4) is 0 Å². The highest BCUT2D eigenvalue weighted by molar-refractivity contribution is 7.99. The molecule has 1 aromatic heterocycles. The quantitative estimate of drug-likeness (QED) is 0.515. The number of amides is 1. The molecule has 10 heteroatoms. The highest BCUT2D eigenvalue weighted by atomic mass is 32.2. The van der Waals surface area contributed by atoms with Crippen LogP contribution in [0.1, 0.15) is 12.0 Å². The summed E-state index contributed by atoms with van der Waals surface area (Å²) in [4.78, 5) is 14.8.